The minimum atomic E-state index is -0.515. The van der Waals surface area contributed by atoms with Crippen molar-refractivity contribution in [2.24, 2.45) is 0 Å². The van der Waals surface area contributed by atoms with E-state index in [0.717, 1.165) is 17.1 Å². The van der Waals surface area contributed by atoms with Crippen LogP contribution in [0.15, 0.2) is 212 Å². The van der Waals surface area contributed by atoms with Crippen molar-refractivity contribution in [2.75, 3.05) is 4.90 Å². The topological polar surface area (TPSA) is 3.24 Å². The van der Waals surface area contributed by atoms with E-state index in [9.17, 15) is 0 Å². The average molecular weight is 784 g/mol. The van der Waals surface area contributed by atoms with Gasteiger partial charge < -0.3 is 4.90 Å². The number of anilines is 3. The summed E-state index contributed by atoms with van der Waals surface area (Å²) in [4.78, 5) is 2.53. The van der Waals surface area contributed by atoms with E-state index in [4.69, 9.17) is 0 Å². The van der Waals surface area contributed by atoms with Crippen LogP contribution in [0, 0.1) is 0 Å². The van der Waals surface area contributed by atoms with Crippen molar-refractivity contribution in [3.05, 3.63) is 246 Å². The van der Waals surface area contributed by atoms with Crippen LogP contribution in [0.25, 0.3) is 53.6 Å². The largest absolute Gasteiger partial charge is 0.310 e. The molecule has 1 nitrogen and oxygen atoms in total. The molecule has 2 heteroatoms. The van der Waals surface area contributed by atoms with Crippen molar-refractivity contribution >= 4 is 48.6 Å². The first-order valence-electron chi connectivity index (χ1n) is 20.9. The lowest BCUT2D eigenvalue weighted by atomic mass is 9.67. The van der Waals surface area contributed by atoms with Gasteiger partial charge in [0.1, 0.15) is 0 Å². The van der Waals surface area contributed by atoms with Crippen LogP contribution in [-0.4, -0.2) is 0 Å². The Morgan fingerprint density at radius 2 is 0.883 bits per heavy atom. The minimum Gasteiger partial charge on any atom is -0.310 e. The fourth-order valence-electron chi connectivity index (χ4n) is 10.8. The first-order chi connectivity index (χ1) is 29.5. The summed E-state index contributed by atoms with van der Waals surface area (Å²) in [6, 6.07) is 79.3. The third kappa shape index (κ3) is 4.92. The molecule has 9 aromatic carbocycles. The smallest absolute Gasteiger partial charge is 0.0714 e. The zero-order chi connectivity index (χ0) is 40.0. The lowest BCUT2D eigenvalue weighted by Gasteiger charge is -2.35. The second kappa shape index (κ2) is 13.3. The van der Waals surface area contributed by atoms with Crippen LogP contribution in [0.4, 0.5) is 17.1 Å². The standard InChI is InChI=1S/C58H41NS/c1-57(2)50-28-13-9-23-43(50)47-26-17-27-48(56(47)57)45-24-11-15-30-53(45)59(40-33-35-55-49(36-40)46-25-12-16-31-54(46)60-55)41-32-34-44-42-22-10-14-29-51(42)58(52(44)37-41,38-18-5-3-6-19-38)39-20-7-4-8-21-39/h3-37H,1-2H3. The van der Waals surface area contributed by atoms with Gasteiger partial charge in [-0.05, 0) is 104 Å². The number of nitrogens with zero attached hydrogens (tertiary/aromatic N) is 1. The van der Waals surface area contributed by atoms with Crippen LogP contribution < -0.4 is 4.90 Å². The lowest BCUT2D eigenvalue weighted by molar-refractivity contribution is 0.662. The predicted octanol–water partition coefficient (Wildman–Crippen LogP) is 15.9. The maximum absolute atomic E-state index is 2.53. The van der Waals surface area contributed by atoms with Crippen LogP contribution in [0.3, 0.4) is 0 Å². The predicted molar refractivity (Wildman–Crippen MR) is 254 cm³/mol. The number of fused-ring (bicyclic) bond motifs is 9. The van der Waals surface area contributed by atoms with E-state index in [-0.39, 0.29) is 5.41 Å². The Hall–Kier alpha value is -7.00. The molecule has 0 saturated carbocycles. The summed E-state index contributed by atoms with van der Waals surface area (Å²) in [5.41, 5.74) is 18.3. The van der Waals surface area contributed by atoms with Crippen molar-refractivity contribution in [3.8, 4) is 33.4 Å². The van der Waals surface area contributed by atoms with E-state index >= 15 is 0 Å². The molecule has 12 rings (SSSR count). The summed E-state index contributed by atoms with van der Waals surface area (Å²) in [6.07, 6.45) is 0. The van der Waals surface area contributed by atoms with E-state index in [1.807, 2.05) is 11.3 Å². The molecule has 1 heterocycles. The van der Waals surface area contributed by atoms with E-state index in [1.165, 1.54) is 86.9 Å². The van der Waals surface area contributed by atoms with Gasteiger partial charge in [0.2, 0.25) is 0 Å². The minimum absolute atomic E-state index is 0.167. The second-order valence-corrected chi connectivity index (χ2v) is 17.9. The van der Waals surface area contributed by atoms with Gasteiger partial charge in [-0.15, -0.1) is 11.3 Å². The Kier molecular flexibility index (Phi) is 7.73. The number of benzene rings is 9. The van der Waals surface area contributed by atoms with E-state index < -0.39 is 5.41 Å². The molecule has 0 atom stereocenters. The quantitative estimate of drug-likeness (QED) is 0.162. The molecule has 0 amide bonds. The van der Waals surface area contributed by atoms with Gasteiger partial charge in [0.15, 0.2) is 0 Å². The Balaban J connectivity index is 1.15. The van der Waals surface area contributed by atoms with Crippen LogP contribution in [0.1, 0.15) is 47.2 Å². The normalized spacial score (nSPS) is 14.1. The molecule has 2 aliphatic rings. The van der Waals surface area contributed by atoms with Crippen LogP contribution in [0.2, 0.25) is 0 Å². The molecule has 0 spiro atoms. The van der Waals surface area contributed by atoms with E-state index in [1.54, 1.807) is 0 Å². The van der Waals surface area contributed by atoms with Gasteiger partial charge in [-0.1, -0.05) is 184 Å². The van der Waals surface area contributed by atoms with Crippen molar-refractivity contribution < 1.29 is 0 Å². The van der Waals surface area contributed by atoms with Crippen LogP contribution in [0.5, 0.6) is 0 Å². The highest BCUT2D eigenvalue weighted by Gasteiger charge is 2.46. The number of hydrogen-bond donors (Lipinski definition) is 0. The molecule has 0 fully saturated rings. The zero-order valence-electron chi connectivity index (χ0n) is 33.6. The highest BCUT2D eigenvalue weighted by atomic mass is 32.1. The highest BCUT2D eigenvalue weighted by Crippen LogP contribution is 2.58. The molecule has 0 N–H and O–H groups in total. The second-order valence-electron chi connectivity index (χ2n) is 16.8. The number of hydrogen-bond acceptors (Lipinski definition) is 2. The van der Waals surface area contributed by atoms with Gasteiger partial charge >= 0.3 is 0 Å². The molecule has 0 saturated heterocycles. The fourth-order valence-corrected chi connectivity index (χ4v) is 11.9. The third-order valence-corrected chi connectivity index (χ3v) is 14.5. The Morgan fingerprint density at radius 1 is 0.367 bits per heavy atom. The number of para-hydroxylation sites is 1. The van der Waals surface area contributed by atoms with Gasteiger partial charge in [0.25, 0.3) is 0 Å². The highest BCUT2D eigenvalue weighted by molar-refractivity contribution is 7.25. The first kappa shape index (κ1) is 35.0. The summed E-state index contributed by atoms with van der Waals surface area (Å²) in [5.74, 6) is 0. The van der Waals surface area contributed by atoms with Crippen molar-refractivity contribution in [2.45, 2.75) is 24.7 Å². The van der Waals surface area contributed by atoms with Crippen LogP contribution in [-0.2, 0) is 10.8 Å². The summed E-state index contributed by atoms with van der Waals surface area (Å²) in [7, 11) is 0. The van der Waals surface area contributed by atoms with E-state index in [2.05, 4.69) is 231 Å². The van der Waals surface area contributed by atoms with Gasteiger partial charge in [-0.2, -0.15) is 0 Å². The van der Waals surface area contributed by atoms with E-state index in [0.29, 0.717) is 0 Å². The molecule has 0 bridgehead atoms. The summed E-state index contributed by atoms with van der Waals surface area (Å²) in [6.45, 7) is 4.78. The Morgan fingerprint density at radius 3 is 1.63 bits per heavy atom. The molecule has 0 aliphatic heterocycles. The van der Waals surface area contributed by atoms with Gasteiger partial charge in [-0.3, -0.25) is 0 Å². The molecule has 2 aliphatic carbocycles. The first-order valence-corrected chi connectivity index (χ1v) is 21.7. The fraction of sp³-hybridized carbons (Fsp3) is 0.0690. The molecule has 284 valence electrons. The number of thiophene rings is 1. The third-order valence-electron chi connectivity index (χ3n) is 13.3. The Labute approximate surface area is 355 Å². The monoisotopic (exact) mass is 783 g/mol. The van der Waals surface area contributed by atoms with Crippen molar-refractivity contribution in [1.82, 2.24) is 0 Å². The van der Waals surface area contributed by atoms with Gasteiger partial charge in [-0.25, -0.2) is 0 Å². The molecule has 0 unspecified atom stereocenters. The maximum Gasteiger partial charge on any atom is 0.0714 e. The molecule has 60 heavy (non-hydrogen) atoms. The van der Waals surface area contributed by atoms with Crippen LogP contribution >= 0.6 is 11.3 Å². The lowest BCUT2D eigenvalue weighted by Crippen LogP contribution is -2.28. The maximum atomic E-state index is 2.53. The van der Waals surface area contributed by atoms with Gasteiger partial charge in [0.05, 0.1) is 11.1 Å². The number of rotatable bonds is 6. The molecule has 10 aromatic rings. The summed E-state index contributed by atoms with van der Waals surface area (Å²) < 4.78 is 2.61. The van der Waals surface area contributed by atoms with Crippen molar-refractivity contribution in [1.29, 1.82) is 0 Å². The molecule has 1 aromatic heterocycles. The zero-order valence-corrected chi connectivity index (χ0v) is 34.4. The van der Waals surface area contributed by atoms with Crippen molar-refractivity contribution in [3.63, 3.8) is 0 Å². The summed E-state index contributed by atoms with van der Waals surface area (Å²) in [5, 5.41) is 2.58. The molecule has 0 radical (unpaired) electrons. The molecular weight excluding hydrogens is 743 g/mol. The average Bonchev–Trinajstić information content (AvgIpc) is 3.91. The summed E-state index contributed by atoms with van der Waals surface area (Å²) >= 11 is 1.87. The Bertz CT molecular complexity index is 3260. The van der Waals surface area contributed by atoms with Gasteiger partial charge in [0, 0.05) is 42.5 Å². The SMILES string of the molecule is CC1(C)c2ccccc2-c2cccc(-c3ccccc3N(c3ccc4c(c3)C(c3ccccc3)(c3ccccc3)c3ccccc3-4)c3ccc4sc5ccccc5c4c3)c21. The molecular formula is C58H41NS.